The Balaban J connectivity index is 1.95. The maximum atomic E-state index is 12.3. The lowest BCUT2D eigenvalue weighted by Crippen LogP contribution is -2.51. The summed E-state index contributed by atoms with van der Waals surface area (Å²) < 4.78 is 0. The first-order chi connectivity index (χ1) is 11.1. The SMILES string of the molecule is CCN(CC)CC(=O)N1CCN(c2nc(C)cc(C#N)n2)CC1. The molecule has 0 atom stereocenters. The van der Waals surface area contributed by atoms with Crippen LogP contribution in [0.15, 0.2) is 6.07 Å². The van der Waals surface area contributed by atoms with Gasteiger partial charge in [0.1, 0.15) is 11.8 Å². The molecule has 1 saturated heterocycles. The fourth-order valence-electron chi connectivity index (χ4n) is 2.65. The fourth-order valence-corrected chi connectivity index (χ4v) is 2.65. The van der Waals surface area contributed by atoms with Crippen LogP contribution in [0.2, 0.25) is 0 Å². The predicted molar refractivity (Wildman–Crippen MR) is 88.1 cm³/mol. The normalized spacial score (nSPS) is 14.9. The first-order valence-electron chi connectivity index (χ1n) is 8.08. The largest absolute Gasteiger partial charge is 0.338 e. The lowest BCUT2D eigenvalue weighted by molar-refractivity contribution is -0.132. The average Bonchev–Trinajstić information content (AvgIpc) is 2.59. The number of hydrogen-bond donors (Lipinski definition) is 0. The zero-order valence-electron chi connectivity index (χ0n) is 14.1. The van der Waals surface area contributed by atoms with Crippen molar-refractivity contribution < 1.29 is 4.79 Å². The number of carbonyl (C=O) groups is 1. The number of amides is 1. The Morgan fingerprint density at radius 1 is 1.26 bits per heavy atom. The van der Waals surface area contributed by atoms with Gasteiger partial charge in [0.05, 0.1) is 6.54 Å². The number of nitriles is 1. The van der Waals surface area contributed by atoms with Crippen molar-refractivity contribution in [2.24, 2.45) is 0 Å². The Bertz CT molecular complexity index is 585. The van der Waals surface area contributed by atoms with Crippen LogP contribution < -0.4 is 4.90 Å². The van der Waals surface area contributed by atoms with E-state index in [2.05, 4.69) is 34.8 Å². The van der Waals surface area contributed by atoms with Crippen LogP contribution in [0.1, 0.15) is 25.2 Å². The maximum Gasteiger partial charge on any atom is 0.236 e. The lowest BCUT2D eigenvalue weighted by atomic mass is 10.3. The molecule has 0 aliphatic carbocycles. The number of aromatic nitrogens is 2. The summed E-state index contributed by atoms with van der Waals surface area (Å²) in [6.07, 6.45) is 0. The van der Waals surface area contributed by atoms with Crippen molar-refractivity contribution in [2.45, 2.75) is 20.8 Å². The number of aryl methyl sites for hydroxylation is 1. The molecule has 1 aromatic heterocycles. The van der Waals surface area contributed by atoms with E-state index in [9.17, 15) is 4.79 Å². The Morgan fingerprint density at radius 2 is 1.91 bits per heavy atom. The van der Waals surface area contributed by atoms with Gasteiger partial charge in [0, 0.05) is 31.9 Å². The van der Waals surface area contributed by atoms with E-state index in [0.29, 0.717) is 44.4 Å². The van der Waals surface area contributed by atoms with Crippen molar-refractivity contribution in [1.82, 2.24) is 19.8 Å². The molecular weight excluding hydrogens is 292 g/mol. The topological polar surface area (TPSA) is 76.4 Å². The minimum Gasteiger partial charge on any atom is -0.338 e. The van der Waals surface area contributed by atoms with E-state index in [1.165, 1.54) is 0 Å². The van der Waals surface area contributed by atoms with Crippen LogP contribution >= 0.6 is 0 Å². The molecule has 0 unspecified atom stereocenters. The van der Waals surface area contributed by atoms with E-state index < -0.39 is 0 Å². The smallest absolute Gasteiger partial charge is 0.236 e. The predicted octanol–water partition coefficient (Wildman–Crippen LogP) is 0.647. The van der Waals surface area contributed by atoms with E-state index in [0.717, 1.165) is 18.8 Å². The Labute approximate surface area is 137 Å². The Kier molecular flexibility index (Phi) is 5.88. The minimum atomic E-state index is 0.177. The standard InChI is InChI=1S/C16H24N6O/c1-4-20(5-2)12-15(23)21-6-8-22(9-7-21)16-18-13(3)10-14(11-17)19-16/h10H,4-9,12H2,1-3H3. The number of anilines is 1. The summed E-state index contributed by atoms with van der Waals surface area (Å²) in [5.41, 5.74) is 1.17. The Morgan fingerprint density at radius 3 is 2.48 bits per heavy atom. The number of likely N-dealkylation sites (N-methyl/N-ethyl adjacent to an activating group) is 1. The summed E-state index contributed by atoms with van der Waals surface area (Å²) in [6.45, 7) is 11.0. The van der Waals surface area contributed by atoms with E-state index in [1.807, 2.05) is 16.7 Å². The molecule has 1 fully saturated rings. The van der Waals surface area contributed by atoms with Gasteiger partial charge in [-0.3, -0.25) is 9.69 Å². The van der Waals surface area contributed by atoms with Gasteiger partial charge in [-0.25, -0.2) is 9.97 Å². The lowest BCUT2D eigenvalue weighted by Gasteiger charge is -2.35. The van der Waals surface area contributed by atoms with Gasteiger partial charge in [-0.05, 0) is 26.1 Å². The molecule has 1 aromatic rings. The van der Waals surface area contributed by atoms with Crippen LogP contribution in [0.4, 0.5) is 5.95 Å². The molecule has 1 aliphatic rings. The highest BCUT2D eigenvalue weighted by atomic mass is 16.2. The number of carbonyl (C=O) groups excluding carboxylic acids is 1. The molecule has 0 spiro atoms. The van der Waals surface area contributed by atoms with Crippen LogP contribution in [0.3, 0.4) is 0 Å². The van der Waals surface area contributed by atoms with Crippen LogP contribution in [0.25, 0.3) is 0 Å². The van der Waals surface area contributed by atoms with Crippen molar-refractivity contribution in [3.05, 3.63) is 17.5 Å². The highest BCUT2D eigenvalue weighted by molar-refractivity contribution is 5.78. The second-order valence-electron chi connectivity index (χ2n) is 5.64. The molecule has 2 heterocycles. The molecule has 0 aromatic carbocycles. The van der Waals surface area contributed by atoms with Crippen molar-refractivity contribution in [3.8, 4) is 6.07 Å². The van der Waals surface area contributed by atoms with Gasteiger partial charge in [0.15, 0.2) is 0 Å². The summed E-state index contributed by atoms with van der Waals surface area (Å²) in [4.78, 5) is 27.0. The van der Waals surface area contributed by atoms with Crippen LogP contribution in [-0.2, 0) is 4.79 Å². The van der Waals surface area contributed by atoms with Gasteiger partial charge in [-0.15, -0.1) is 0 Å². The van der Waals surface area contributed by atoms with Gasteiger partial charge in [0.2, 0.25) is 11.9 Å². The van der Waals surface area contributed by atoms with Crippen molar-refractivity contribution in [3.63, 3.8) is 0 Å². The molecule has 0 bridgehead atoms. The van der Waals surface area contributed by atoms with Crippen LogP contribution in [-0.4, -0.2) is 71.5 Å². The molecule has 7 nitrogen and oxygen atoms in total. The third kappa shape index (κ3) is 4.39. The van der Waals surface area contributed by atoms with Crippen LogP contribution in [0, 0.1) is 18.3 Å². The summed E-state index contributed by atoms with van der Waals surface area (Å²) >= 11 is 0. The molecule has 0 radical (unpaired) electrons. The van der Waals surface area contributed by atoms with E-state index in [4.69, 9.17) is 5.26 Å². The number of hydrogen-bond acceptors (Lipinski definition) is 6. The van der Waals surface area contributed by atoms with Crippen LogP contribution in [0.5, 0.6) is 0 Å². The number of rotatable bonds is 5. The van der Waals surface area contributed by atoms with Gasteiger partial charge in [-0.1, -0.05) is 13.8 Å². The first-order valence-corrected chi connectivity index (χ1v) is 8.08. The van der Waals surface area contributed by atoms with Crippen molar-refractivity contribution >= 4 is 11.9 Å². The molecule has 2 rings (SSSR count). The third-order valence-corrected chi connectivity index (χ3v) is 4.13. The van der Waals surface area contributed by atoms with Gasteiger partial charge in [0.25, 0.3) is 0 Å². The third-order valence-electron chi connectivity index (χ3n) is 4.13. The van der Waals surface area contributed by atoms with E-state index in [-0.39, 0.29) is 5.91 Å². The monoisotopic (exact) mass is 316 g/mol. The molecule has 23 heavy (non-hydrogen) atoms. The molecule has 0 N–H and O–H groups in total. The number of nitrogens with zero attached hydrogens (tertiary/aromatic N) is 6. The molecule has 1 amide bonds. The quantitative estimate of drug-likeness (QED) is 0.794. The van der Waals surface area contributed by atoms with E-state index in [1.54, 1.807) is 6.07 Å². The summed E-state index contributed by atoms with van der Waals surface area (Å²) in [5, 5.41) is 9.01. The zero-order chi connectivity index (χ0) is 16.8. The highest BCUT2D eigenvalue weighted by Crippen LogP contribution is 2.13. The molecule has 1 aliphatic heterocycles. The van der Waals surface area contributed by atoms with E-state index >= 15 is 0 Å². The molecule has 7 heteroatoms. The fraction of sp³-hybridized carbons (Fsp3) is 0.625. The maximum absolute atomic E-state index is 12.3. The van der Waals surface area contributed by atoms with Gasteiger partial charge < -0.3 is 9.80 Å². The first kappa shape index (κ1) is 17.2. The number of piperazine rings is 1. The Hall–Kier alpha value is -2.20. The van der Waals surface area contributed by atoms with Crippen molar-refractivity contribution in [2.75, 3.05) is 50.7 Å². The summed E-state index contributed by atoms with van der Waals surface area (Å²) in [6, 6.07) is 3.73. The van der Waals surface area contributed by atoms with Gasteiger partial charge in [-0.2, -0.15) is 5.26 Å². The molecule has 0 saturated carbocycles. The summed E-state index contributed by atoms with van der Waals surface area (Å²) in [7, 11) is 0. The zero-order valence-corrected chi connectivity index (χ0v) is 14.1. The minimum absolute atomic E-state index is 0.177. The summed E-state index contributed by atoms with van der Waals surface area (Å²) in [5.74, 6) is 0.758. The highest BCUT2D eigenvalue weighted by Gasteiger charge is 2.23. The average molecular weight is 316 g/mol. The molecular formula is C16H24N6O. The van der Waals surface area contributed by atoms with Crippen molar-refractivity contribution in [1.29, 1.82) is 5.26 Å². The second-order valence-corrected chi connectivity index (χ2v) is 5.64. The van der Waals surface area contributed by atoms with Gasteiger partial charge >= 0.3 is 0 Å². The second kappa shape index (κ2) is 7.88. The molecule has 124 valence electrons.